The van der Waals surface area contributed by atoms with Crippen LogP contribution in [-0.4, -0.2) is 51.8 Å². The summed E-state index contributed by atoms with van der Waals surface area (Å²) in [4.78, 5) is 27.7. The topological polar surface area (TPSA) is 95.5 Å². The Kier molecular flexibility index (Phi) is 3.99. The van der Waals surface area contributed by atoms with Crippen molar-refractivity contribution in [1.29, 1.82) is 0 Å². The summed E-state index contributed by atoms with van der Waals surface area (Å²) in [6, 6.07) is 9.36. The molecule has 1 amide bonds. The number of nitrogens with one attached hydrogen (secondary N) is 1. The molecule has 1 spiro atoms. The lowest BCUT2D eigenvalue weighted by Gasteiger charge is -2.43. The number of piperidine rings is 1. The number of carbonyl (C=O) groups excluding carboxylic acids is 1. The van der Waals surface area contributed by atoms with Crippen LogP contribution in [0.2, 0.25) is 0 Å². The fourth-order valence-electron chi connectivity index (χ4n) is 4.28. The molecule has 8 heteroatoms. The first kappa shape index (κ1) is 17.4. The van der Waals surface area contributed by atoms with E-state index in [4.69, 9.17) is 4.74 Å². The van der Waals surface area contributed by atoms with Gasteiger partial charge in [0.2, 0.25) is 0 Å². The van der Waals surface area contributed by atoms with E-state index in [0.29, 0.717) is 43.1 Å². The Morgan fingerprint density at radius 2 is 2.04 bits per heavy atom. The number of carbonyl (C=O) groups is 2. The summed E-state index contributed by atoms with van der Waals surface area (Å²) in [5.41, 5.74) is 1.81. The smallest absolute Gasteiger partial charge is 0.345 e. The molecule has 1 fully saturated rings. The van der Waals surface area contributed by atoms with E-state index >= 15 is 0 Å². The monoisotopic (exact) mass is 397 g/mol. The second-order valence-corrected chi connectivity index (χ2v) is 8.39. The van der Waals surface area contributed by atoms with Crippen molar-refractivity contribution in [3.63, 3.8) is 0 Å². The van der Waals surface area contributed by atoms with Crippen LogP contribution in [0.15, 0.2) is 30.3 Å². The van der Waals surface area contributed by atoms with Gasteiger partial charge in [0.1, 0.15) is 4.88 Å². The molecule has 28 heavy (non-hydrogen) atoms. The summed E-state index contributed by atoms with van der Waals surface area (Å²) in [6.07, 6.45) is 2.06. The molecule has 5 rings (SSSR count). The van der Waals surface area contributed by atoms with Gasteiger partial charge in [0.15, 0.2) is 5.69 Å². The molecule has 0 unspecified atom stereocenters. The summed E-state index contributed by atoms with van der Waals surface area (Å²) < 4.78 is 6.17. The van der Waals surface area contributed by atoms with Crippen LogP contribution in [0.5, 0.6) is 0 Å². The average molecular weight is 397 g/mol. The molecule has 2 aliphatic heterocycles. The zero-order chi connectivity index (χ0) is 19.3. The molecule has 0 saturated carbocycles. The van der Waals surface area contributed by atoms with Crippen molar-refractivity contribution in [2.24, 2.45) is 0 Å². The van der Waals surface area contributed by atoms with Crippen molar-refractivity contribution in [3.05, 3.63) is 51.3 Å². The second kappa shape index (κ2) is 6.42. The maximum Gasteiger partial charge on any atom is 0.345 e. The number of carboxylic acids is 1. The Balaban J connectivity index is 1.38. The Morgan fingerprint density at radius 1 is 1.25 bits per heavy atom. The minimum absolute atomic E-state index is 0.0834. The first-order valence-corrected chi connectivity index (χ1v) is 10.1. The van der Waals surface area contributed by atoms with E-state index in [2.05, 4.69) is 10.2 Å². The number of carboxylic acid groups (broad SMARTS) is 1. The number of hydrogen-bond donors (Lipinski definition) is 2. The van der Waals surface area contributed by atoms with Crippen molar-refractivity contribution >= 4 is 34.1 Å². The number of H-pyrrole nitrogens is 1. The van der Waals surface area contributed by atoms with Crippen molar-refractivity contribution in [2.75, 3.05) is 19.7 Å². The average Bonchev–Trinajstić information content (AvgIpc) is 3.34. The number of rotatable bonds is 2. The zero-order valence-corrected chi connectivity index (χ0v) is 15.9. The maximum atomic E-state index is 13.0. The van der Waals surface area contributed by atoms with Gasteiger partial charge in [0.05, 0.1) is 17.7 Å². The van der Waals surface area contributed by atoms with Gasteiger partial charge in [-0.15, -0.1) is 11.3 Å². The van der Waals surface area contributed by atoms with E-state index < -0.39 is 11.6 Å². The van der Waals surface area contributed by atoms with Gasteiger partial charge in [-0.25, -0.2) is 4.79 Å². The molecule has 2 N–H and O–H groups in total. The number of para-hydroxylation sites is 1. The highest BCUT2D eigenvalue weighted by Crippen LogP contribution is 2.44. The summed E-state index contributed by atoms with van der Waals surface area (Å²) in [5, 5.41) is 17.3. The number of nitrogens with zero attached hydrogens (tertiary/aromatic N) is 2. The highest BCUT2D eigenvalue weighted by Gasteiger charge is 2.43. The van der Waals surface area contributed by atoms with Gasteiger partial charge in [0, 0.05) is 29.8 Å². The number of amides is 1. The molecule has 3 aromatic rings. The lowest BCUT2D eigenvalue weighted by atomic mass is 9.82. The van der Waals surface area contributed by atoms with E-state index in [1.54, 1.807) is 6.07 Å². The highest BCUT2D eigenvalue weighted by atomic mass is 32.1. The van der Waals surface area contributed by atoms with Crippen LogP contribution in [0.3, 0.4) is 0 Å². The zero-order valence-electron chi connectivity index (χ0n) is 15.1. The van der Waals surface area contributed by atoms with Crippen LogP contribution in [-0.2, 0) is 16.8 Å². The summed E-state index contributed by atoms with van der Waals surface area (Å²) >= 11 is 1.34. The normalized spacial score (nSPS) is 18.4. The van der Waals surface area contributed by atoms with Crippen LogP contribution in [0.25, 0.3) is 10.9 Å². The Morgan fingerprint density at radius 3 is 2.82 bits per heavy atom. The molecule has 2 aromatic heterocycles. The molecule has 1 aromatic carbocycles. The SMILES string of the molecule is O=C(O)c1cc2c(s1)CCOC21CCN(C(=O)c2n[nH]c3ccccc23)CC1. The summed E-state index contributed by atoms with van der Waals surface area (Å²) in [7, 11) is 0. The van der Waals surface area contributed by atoms with Gasteiger partial charge in [0.25, 0.3) is 5.91 Å². The Hall–Kier alpha value is -2.71. The number of aromatic carboxylic acids is 1. The third kappa shape index (κ3) is 2.63. The minimum Gasteiger partial charge on any atom is -0.477 e. The fraction of sp³-hybridized carbons (Fsp3) is 0.350. The van der Waals surface area contributed by atoms with E-state index in [9.17, 15) is 14.7 Å². The standard InChI is InChI=1S/C20H19N3O4S/c24-18(17-12-3-1-2-4-14(12)21-22-17)23-8-6-20(7-9-23)13-11-16(19(25)26)28-15(13)5-10-27-20/h1-4,11H,5-10H2,(H,21,22)(H,25,26). The Labute approximate surface area is 164 Å². The van der Waals surface area contributed by atoms with Gasteiger partial charge in [-0.2, -0.15) is 5.10 Å². The van der Waals surface area contributed by atoms with Gasteiger partial charge in [-0.1, -0.05) is 18.2 Å². The molecular weight excluding hydrogens is 378 g/mol. The van der Waals surface area contributed by atoms with Gasteiger partial charge >= 0.3 is 5.97 Å². The van der Waals surface area contributed by atoms with Gasteiger partial charge in [-0.3, -0.25) is 9.89 Å². The number of thiophene rings is 1. The Bertz CT molecular complexity index is 1080. The second-order valence-electron chi connectivity index (χ2n) is 7.26. The van der Waals surface area contributed by atoms with E-state index in [1.807, 2.05) is 29.2 Å². The molecular formula is C20H19N3O4S. The molecule has 144 valence electrons. The largest absolute Gasteiger partial charge is 0.477 e. The summed E-state index contributed by atoms with van der Waals surface area (Å²) in [5.74, 6) is -0.979. The number of hydrogen-bond acceptors (Lipinski definition) is 5. The molecule has 0 radical (unpaired) electrons. The van der Waals surface area contributed by atoms with E-state index in [1.165, 1.54) is 11.3 Å². The minimum atomic E-state index is -0.896. The molecule has 4 heterocycles. The number of likely N-dealkylation sites (tertiary alicyclic amines) is 1. The number of aromatic amines is 1. The lowest BCUT2D eigenvalue weighted by Crippen LogP contribution is -2.48. The molecule has 0 atom stereocenters. The van der Waals surface area contributed by atoms with Crippen LogP contribution >= 0.6 is 11.3 Å². The van der Waals surface area contributed by atoms with E-state index in [-0.39, 0.29) is 5.91 Å². The van der Waals surface area contributed by atoms with Gasteiger partial charge in [-0.05, 0) is 30.5 Å². The quantitative estimate of drug-likeness (QED) is 0.693. The van der Waals surface area contributed by atoms with Crippen molar-refractivity contribution < 1.29 is 19.4 Å². The first-order valence-electron chi connectivity index (χ1n) is 9.30. The van der Waals surface area contributed by atoms with Crippen LogP contribution in [0.1, 0.15) is 43.4 Å². The number of benzene rings is 1. The maximum absolute atomic E-state index is 13.0. The van der Waals surface area contributed by atoms with Crippen molar-refractivity contribution in [1.82, 2.24) is 15.1 Å². The van der Waals surface area contributed by atoms with E-state index in [0.717, 1.165) is 27.8 Å². The summed E-state index contributed by atoms with van der Waals surface area (Å²) in [6.45, 7) is 1.69. The van der Waals surface area contributed by atoms with Gasteiger partial charge < -0.3 is 14.7 Å². The first-order chi connectivity index (χ1) is 13.6. The predicted molar refractivity (Wildman–Crippen MR) is 104 cm³/mol. The number of aromatic nitrogens is 2. The predicted octanol–water partition coefficient (Wildman–Crippen LogP) is 3.03. The third-order valence-corrected chi connectivity index (χ3v) is 6.93. The van der Waals surface area contributed by atoms with Crippen molar-refractivity contribution in [2.45, 2.75) is 24.9 Å². The molecule has 7 nitrogen and oxygen atoms in total. The lowest BCUT2D eigenvalue weighted by molar-refractivity contribution is -0.0926. The third-order valence-electron chi connectivity index (χ3n) is 5.75. The molecule has 1 saturated heterocycles. The fourth-order valence-corrected chi connectivity index (χ4v) is 5.35. The highest BCUT2D eigenvalue weighted by molar-refractivity contribution is 7.14. The molecule has 0 bridgehead atoms. The van der Waals surface area contributed by atoms with Crippen LogP contribution < -0.4 is 0 Å². The molecule has 0 aliphatic carbocycles. The molecule has 2 aliphatic rings. The van der Waals surface area contributed by atoms with Crippen molar-refractivity contribution in [3.8, 4) is 0 Å². The number of fused-ring (bicyclic) bond motifs is 3. The van der Waals surface area contributed by atoms with Crippen LogP contribution in [0, 0.1) is 0 Å². The van der Waals surface area contributed by atoms with Crippen LogP contribution in [0.4, 0.5) is 0 Å². The number of ether oxygens (including phenoxy) is 1.